The second-order valence-corrected chi connectivity index (χ2v) is 7.43. The monoisotopic (exact) mass is 319 g/mol. The first-order chi connectivity index (χ1) is 10.9. The summed E-state index contributed by atoms with van der Waals surface area (Å²) in [5.41, 5.74) is 4.57. The molecule has 0 bridgehead atoms. The smallest absolute Gasteiger partial charge is 0.282 e. The molecule has 1 aromatic carbocycles. The largest absolute Gasteiger partial charge is 0.340 e. The number of quaternary nitrogens is 2. The second kappa shape index (κ2) is 7.93. The molecule has 1 amide bonds. The minimum absolute atomic E-state index is 0.118. The highest BCUT2D eigenvalue weighted by Crippen LogP contribution is 2.22. The molecule has 4 nitrogen and oxygen atoms in total. The molecule has 4 heteroatoms. The van der Waals surface area contributed by atoms with Gasteiger partial charge >= 0.3 is 0 Å². The molecule has 1 aliphatic heterocycles. The van der Waals surface area contributed by atoms with Gasteiger partial charge < -0.3 is 15.1 Å². The van der Waals surface area contributed by atoms with Crippen molar-refractivity contribution < 1.29 is 14.6 Å². The maximum absolute atomic E-state index is 12.8. The van der Waals surface area contributed by atoms with Crippen molar-refractivity contribution in [2.24, 2.45) is 0 Å². The number of carbonyl (C=O) groups is 1. The number of aryl methyl sites for hydroxylation is 3. The Morgan fingerprint density at radius 2 is 1.91 bits per heavy atom. The molecule has 0 aromatic heterocycles. The number of nitrogens with one attached hydrogen (secondary N) is 3. The van der Waals surface area contributed by atoms with Crippen molar-refractivity contribution in [3.8, 4) is 0 Å². The summed E-state index contributed by atoms with van der Waals surface area (Å²) >= 11 is 0. The lowest BCUT2D eigenvalue weighted by Gasteiger charge is -2.22. The summed E-state index contributed by atoms with van der Waals surface area (Å²) < 4.78 is 0. The standard InChI is InChI=1S/C19H31N3O/c1-14-12-15(2)18(16(3)13-14)20-19(23)17-8-6-10-22(17)11-7-9-21(4)5/h12-13,17H,6-11H2,1-5H3,(H,20,23)/p+2/t17-/m0/s1. The van der Waals surface area contributed by atoms with Crippen LogP contribution in [-0.4, -0.2) is 45.7 Å². The van der Waals surface area contributed by atoms with E-state index in [0.29, 0.717) is 0 Å². The predicted molar refractivity (Wildman–Crippen MR) is 95.3 cm³/mol. The average Bonchev–Trinajstić information content (AvgIpc) is 2.90. The Hall–Kier alpha value is -1.39. The number of amides is 1. The first-order valence-electron chi connectivity index (χ1n) is 8.91. The molecule has 23 heavy (non-hydrogen) atoms. The van der Waals surface area contributed by atoms with Crippen molar-refractivity contribution in [3.05, 3.63) is 28.8 Å². The third-order valence-corrected chi connectivity index (χ3v) is 4.90. The van der Waals surface area contributed by atoms with Gasteiger partial charge in [0.1, 0.15) is 0 Å². The van der Waals surface area contributed by atoms with Gasteiger partial charge in [0.25, 0.3) is 5.91 Å². The third-order valence-electron chi connectivity index (χ3n) is 4.90. The maximum atomic E-state index is 12.8. The molecular formula is C19H33N3O+2. The van der Waals surface area contributed by atoms with Crippen LogP contribution in [0.2, 0.25) is 0 Å². The van der Waals surface area contributed by atoms with Gasteiger partial charge in [-0.3, -0.25) is 4.79 Å². The highest BCUT2D eigenvalue weighted by Gasteiger charge is 2.34. The highest BCUT2D eigenvalue weighted by molar-refractivity contribution is 5.95. The zero-order valence-electron chi connectivity index (χ0n) is 15.4. The Kier molecular flexibility index (Phi) is 6.19. The number of anilines is 1. The van der Waals surface area contributed by atoms with Crippen molar-refractivity contribution in [1.82, 2.24) is 0 Å². The topological polar surface area (TPSA) is 38.0 Å². The lowest BCUT2D eigenvalue weighted by molar-refractivity contribution is -0.910. The van der Waals surface area contributed by atoms with Crippen LogP contribution in [0.3, 0.4) is 0 Å². The normalized spacial score (nSPS) is 21.0. The Balaban J connectivity index is 1.99. The van der Waals surface area contributed by atoms with Crippen LogP contribution in [0, 0.1) is 20.8 Å². The predicted octanol–water partition coefficient (Wildman–Crippen LogP) is 0.132. The molecule has 2 atom stereocenters. The van der Waals surface area contributed by atoms with Crippen molar-refractivity contribution in [2.75, 3.05) is 39.0 Å². The molecule has 0 saturated carbocycles. The fourth-order valence-electron chi connectivity index (χ4n) is 3.78. The average molecular weight is 319 g/mol. The van der Waals surface area contributed by atoms with E-state index in [2.05, 4.69) is 52.3 Å². The van der Waals surface area contributed by atoms with E-state index in [1.54, 1.807) is 0 Å². The van der Waals surface area contributed by atoms with Gasteiger partial charge in [0.15, 0.2) is 6.04 Å². The lowest BCUT2D eigenvalue weighted by Crippen LogP contribution is -3.15. The summed E-state index contributed by atoms with van der Waals surface area (Å²) in [6.45, 7) is 9.67. The molecule has 1 aromatic rings. The van der Waals surface area contributed by atoms with Gasteiger partial charge in [0.05, 0.1) is 33.7 Å². The zero-order chi connectivity index (χ0) is 17.0. The van der Waals surface area contributed by atoms with E-state index in [-0.39, 0.29) is 11.9 Å². The van der Waals surface area contributed by atoms with E-state index in [4.69, 9.17) is 0 Å². The quantitative estimate of drug-likeness (QED) is 0.685. The van der Waals surface area contributed by atoms with Gasteiger partial charge in [-0.05, 0) is 31.9 Å². The first kappa shape index (κ1) is 18.0. The molecule has 0 aliphatic carbocycles. The number of carbonyl (C=O) groups excluding carboxylic acids is 1. The highest BCUT2D eigenvalue weighted by atomic mass is 16.2. The molecule has 1 unspecified atom stereocenters. The molecule has 128 valence electrons. The van der Waals surface area contributed by atoms with Crippen LogP contribution in [-0.2, 0) is 4.79 Å². The van der Waals surface area contributed by atoms with Crippen LogP contribution in [0.15, 0.2) is 12.1 Å². The lowest BCUT2D eigenvalue weighted by atomic mass is 10.0. The van der Waals surface area contributed by atoms with Crippen LogP contribution >= 0.6 is 0 Å². The Morgan fingerprint density at radius 3 is 2.52 bits per heavy atom. The second-order valence-electron chi connectivity index (χ2n) is 7.43. The first-order valence-corrected chi connectivity index (χ1v) is 8.91. The molecule has 1 fully saturated rings. The number of hydrogen-bond donors (Lipinski definition) is 3. The molecule has 3 N–H and O–H groups in total. The molecule has 0 radical (unpaired) electrons. The van der Waals surface area contributed by atoms with Gasteiger partial charge in [-0.2, -0.15) is 0 Å². The fraction of sp³-hybridized carbons (Fsp3) is 0.632. The van der Waals surface area contributed by atoms with E-state index in [1.807, 2.05) is 0 Å². The van der Waals surface area contributed by atoms with Crippen LogP contribution in [0.5, 0.6) is 0 Å². The van der Waals surface area contributed by atoms with E-state index in [9.17, 15) is 4.79 Å². The summed E-state index contributed by atoms with van der Waals surface area (Å²) in [6, 6.07) is 4.40. The van der Waals surface area contributed by atoms with Crippen LogP contribution in [0.4, 0.5) is 5.69 Å². The van der Waals surface area contributed by atoms with E-state index in [1.165, 1.54) is 28.3 Å². The zero-order valence-corrected chi connectivity index (χ0v) is 15.4. The Bertz CT molecular complexity index is 531. The van der Waals surface area contributed by atoms with Gasteiger partial charge in [-0.25, -0.2) is 0 Å². The maximum Gasteiger partial charge on any atom is 0.282 e. The van der Waals surface area contributed by atoms with Crippen LogP contribution in [0.1, 0.15) is 36.0 Å². The summed E-state index contributed by atoms with van der Waals surface area (Å²) in [5, 5.41) is 3.21. The van der Waals surface area contributed by atoms with Gasteiger partial charge in [-0.15, -0.1) is 0 Å². The van der Waals surface area contributed by atoms with Crippen molar-refractivity contribution in [2.45, 2.75) is 46.1 Å². The molecule has 1 aliphatic rings. The van der Waals surface area contributed by atoms with E-state index in [0.717, 1.165) is 42.7 Å². The number of hydrogen-bond acceptors (Lipinski definition) is 1. The molecule has 0 spiro atoms. The summed E-state index contributed by atoms with van der Waals surface area (Å²) in [5.74, 6) is 0.199. The minimum Gasteiger partial charge on any atom is -0.340 e. The van der Waals surface area contributed by atoms with Crippen molar-refractivity contribution in [3.63, 3.8) is 0 Å². The van der Waals surface area contributed by atoms with Crippen LogP contribution < -0.4 is 15.1 Å². The summed E-state index contributed by atoms with van der Waals surface area (Å²) in [6.07, 6.45) is 3.36. The van der Waals surface area contributed by atoms with Gasteiger partial charge in [0.2, 0.25) is 0 Å². The summed E-state index contributed by atoms with van der Waals surface area (Å²) in [7, 11) is 4.37. The molecule has 1 saturated heterocycles. The third kappa shape index (κ3) is 4.79. The van der Waals surface area contributed by atoms with Gasteiger partial charge in [-0.1, -0.05) is 17.7 Å². The fourth-order valence-corrected chi connectivity index (χ4v) is 3.78. The number of benzene rings is 1. The SMILES string of the molecule is Cc1cc(C)c(NC(=O)[C@@H]2CCC[NH+]2CCC[NH+](C)C)c(C)c1. The Labute approximate surface area is 140 Å². The summed E-state index contributed by atoms with van der Waals surface area (Å²) in [4.78, 5) is 15.7. The molecular weight excluding hydrogens is 286 g/mol. The van der Waals surface area contributed by atoms with E-state index < -0.39 is 0 Å². The minimum atomic E-state index is 0.118. The Morgan fingerprint density at radius 1 is 1.26 bits per heavy atom. The number of likely N-dealkylation sites (tertiary alicyclic amines) is 1. The van der Waals surface area contributed by atoms with Gasteiger partial charge in [0, 0.05) is 24.9 Å². The van der Waals surface area contributed by atoms with Crippen LogP contribution in [0.25, 0.3) is 0 Å². The molecule has 1 heterocycles. The molecule has 2 rings (SSSR count). The number of rotatable bonds is 6. The van der Waals surface area contributed by atoms with Crippen molar-refractivity contribution >= 4 is 11.6 Å². The van der Waals surface area contributed by atoms with Crippen molar-refractivity contribution in [1.29, 1.82) is 0 Å². The van der Waals surface area contributed by atoms with E-state index >= 15 is 0 Å².